The molecule has 1 heteroatoms. The van der Waals surface area contributed by atoms with Crippen molar-refractivity contribution >= 4 is 21.5 Å². The molecule has 0 saturated carbocycles. The fourth-order valence-corrected chi connectivity index (χ4v) is 3.22. The third-order valence-corrected chi connectivity index (χ3v) is 4.36. The lowest BCUT2D eigenvalue weighted by Crippen LogP contribution is -1.90. The van der Waals surface area contributed by atoms with Gasteiger partial charge in [0.25, 0.3) is 0 Å². The number of hydrogen-bond acceptors (Lipinski definition) is 1. The van der Waals surface area contributed by atoms with Crippen LogP contribution in [0, 0.1) is 6.92 Å². The predicted octanol–water partition coefficient (Wildman–Crippen LogP) is 5.52. The van der Waals surface area contributed by atoms with Gasteiger partial charge >= 0.3 is 0 Å². The number of aromatic hydroxyl groups is 1. The first-order valence-corrected chi connectivity index (χ1v) is 7.82. The molecule has 0 radical (unpaired) electrons. The monoisotopic (exact) mass is 278 g/mol. The van der Waals surface area contributed by atoms with E-state index in [1.807, 2.05) is 6.07 Å². The van der Waals surface area contributed by atoms with E-state index >= 15 is 0 Å². The van der Waals surface area contributed by atoms with Crippen LogP contribution in [0.2, 0.25) is 0 Å². The molecule has 0 unspecified atom stereocenters. The van der Waals surface area contributed by atoms with Crippen LogP contribution < -0.4 is 0 Å². The third kappa shape index (κ3) is 2.27. The molecule has 3 rings (SSSR count). The largest absolute Gasteiger partial charge is 0.507 e. The topological polar surface area (TPSA) is 20.2 Å². The van der Waals surface area contributed by atoms with Gasteiger partial charge in [-0.1, -0.05) is 56.7 Å². The Kier molecular flexibility index (Phi) is 3.59. The SMILES string of the molecule is CCCc1ccc2cc(C)c3ccc(CC)c(O)c3c2c1. The maximum Gasteiger partial charge on any atom is 0.127 e. The summed E-state index contributed by atoms with van der Waals surface area (Å²) < 4.78 is 0. The van der Waals surface area contributed by atoms with Gasteiger partial charge in [0.2, 0.25) is 0 Å². The van der Waals surface area contributed by atoms with Crippen LogP contribution in [0.25, 0.3) is 21.5 Å². The molecule has 0 heterocycles. The molecule has 0 spiro atoms. The first-order chi connectivity index (χ1) is 10.2. The molecule has 0 aliphatic heterocycles. The Labute approximate surface area is 126 Å². The van der Waals surface area contributed by atoms with Crippen molar-refractivity contribution in [2.75, 3.05) is 0 Å². The van der Waals surface area contributed by atoms with Gasteiger partial charge in [-0.3, -0.25) is 0 Å². The quantitative estimate of drug-likeness (QED) is 0.625. The van der Waals surface area contributed by atoms with Crippen LogP contribution >= 0.6 is 0 Å². The smallest absolute Gasteiger partial charge is 0.127 e. The standard InChI is InChI=1S/C20H22O/c1-4-6-14-7-8-16-11-13(3)17-10-9-15(5-2)20(21)19(17)18(16)12-14/h7-12,21H,4-6H2,1-3H3. The van der Waals surface area contributed by atoms with E-state index in [2.05, 4.69) is 51.1 Å². The number of aryl methyl sites for hydroxylation is 3. The van der Waals surface area contributed by atoms with Gasteiger partial charge in [0, 0.05) is 5.39 Å². The van der Waals surface area contributed by atoms with Gasteiger partial charge in [-0.05, 0) is 52.6 Å². The minimum atomic E-state index is 0.456. The van der Waals surface area contributed by atoms with Crippen molar-refractivity contribution in [1.29, 1.82) is 0 Å². The number of fused-ring (bicyclic) bond motifs is 3. The third-order valence-electron chi connectivity index (χ3n) is 4.36. The Morgan fingerprint density at radius 1 is 0.952 bits per heavy atom. The molecule has 3 aromatic carbocycles. The zero-order valence-corrected chi connectivity index (χ0v) is 13.0. The van der Waals surface area contributed by atoms with Crippen LogP contribution in [0.4, 0.5) is 0 Å². The lowest BCUT2D eigenvalue weighted by molar-refractivity contribution is 0.475. The summed E-state index contributed by atoms with van der Waals surface area (Å²) in [5.74, 6) is 0.456. The average molecular weight is 278 g/mol. The maximum atomic E-state index is 10.7. The number of hydrogen-bond donors (Lipinski definition) is 1. The van der Waals surface area contributed by atoms with Crippen LogP contribution in [-0.2, 0) is 12.8 Å². The molecule has 1 nitrogen and oxygen atoms in total. The molecule has 0 aliphatic rings. The van der Waals surface area contributed by atoms with Gasteiger partial charge in [0.15, 0.2) is 0 Å². The van der Waals surface area contributed by atoms with E-state index in [0.717, 1.165) is 35.6 Å². The highest BCUT2D eigenvalue weighted by Crippen LogP contribution is 2.37. The van der Waals surface area contributed by atoms with Crippen molar-refractivity contribution in [3.05, 3.63) is 53.1 Å². The molecule has 0 fully saturated rings. The second-order valence-corrected chi connectivity index (χ2v) is 5.85. The van der Waals surface area contributed by atoms with E-state index in [1.54, 1.807) is 0 Å². The maximum absolute atomic E-state index is 10.7. The van der Waals surface area contributed by atoms with Crippen molar-refractivity contribution in [2.45, 2.75) is 40.0 Å². The molecule has 0 aromatic heterocycles. The van der Waals surface area contributed by atoms with Crippen LogP contribution in [0.15, 0.2) is 36.4 Å². The zero-order chi connectivity index (χ0) is 15.0. The summed E-state index contributed by atoms with van der Waals surface area (Å²) in [6.45, 7) is 6.40. The minimum absolute atomic E-state index is 0.456. The molecule has 21 heavy (non-hydrogen) atoms. The highest BCUT2D eigenvalue weighted by Gasteiger charge is 2.11. The van der Waals surface area contributed by atoms with Crippen LogP contribution in [0.1, 0.15) is 37.0 Å². The van der Waals surface area contributed by atoms with Crippen molar-refractivity contribution in [3.63, 3.8) is 0 Å². The van der Waals surface area contributed by atoms with Crippen molar-refractivity contribution < 1.29 is 5.11 Å². The van der Waals surface area contributed by atoms with E-state index in [9.17, 15) is 5.11 Å². The Balaban J connectivity index is 2.45. The van der Waals surface area contributed by atoms with Crippen LogP contribution in [0.3, 0.4) is 0 Å². The van der Waals surface area contributed by atoms with E-state index in [0.29, 0.717) is 5.75 Å². The molecule has 0 bridgehead atoms. The lowest BCUT2D eigenvalue weighted by atomic mass is 9.93. The highest BCUT2D eigenvalue weighted by molar-refractivity contribution is 6.12. The number of rotatable bonds is 3. The van der Waals surface area contributed by atoms with Gasteiger partial charge in [-0.15, -0.1) is 0 Å². The summed E-state index contributed by atoms with van der Waals surface area (Å²) >= 11 is 0. The minimum Gasteiger partial charge on any atom is -0.507 e. The van der Waals surface area contributed by atoms with Crippen molar-refractivity contribution in [2.24, 2.45) is 0 Å². The van der Waals surface area contributed by atoms with Gasteiger partial charge in [-0.25, -0.2) is 0 Å². The zero-order valence-electron chi connectivity index (χ0n) is 13.0. The van der Waals surface area contributed by atoms with Gasteiger partial charge in [0.05, 0.1) is 0 Å². The number of phenolic OH excluding ortho intramolecular Hbond substituents is 1. The second-order valence-electron chi connectivity index (χ2n) is 5.85. The van der Waals surface area contributed by atoms with Gasteiger partial charge in [-0.2, -0.15) is 0 Å². The number of benzene rings is 3. The fourth-order valence-electron chi connectivity index (χ4n) is 3.22. The lowest BCUT2D eigenvalue weighted by Gasteiger charge is -2.13. The predicted molar refractivity (Wildman–Crippen MR) is 91.2 cm³/mol. The summed E-state index contributed by atoms with van der Waals surface area (Å²) in [6, 6.07) is 13.1. The first-order valence-electron chi connectivity index (χ1n) is 7.82. The van der Waals surface area contributed by atoms with Gasteiger partial charge in [0.1, 0.15) is 5.75 Å². The van der Waals surface area contributed by atoms with Crippen molar-refractivity contribution in [1.82, 2.24) is 0 Å². The summed E-state index contributed by atoms with van der Waals surface area (Å²) in [5.41, 5.74) is 3.59. The van der Waals surface area contributed by atoms with Crippen LogP contribution in [0.5, 0.6) is 5.75 Å². The fraction of sp³-hybridized carbons (Fsp3) is 0.300. The van der Waals surface area contributed by atoms with Gasteiger partial charge < -0.3 is 5.11 Å². The van der Waals surface area contributed by atoms with E-state index < -0.39 is 0 Å². The Bertz CT molecular complexity index is 815. The summed E-state index contributed by atoms with van der Waals surface area (Å²) in [7, 11) is 0. The van der Waals surface area contributed by atoms with Crippen molar-refractivity contribution in [3.8, 4) is 5.75 Å². The Hall–Kier alpha value is -2.02. The van der Waals surface area contributed by atoms with E-state index in [1.165, 1.54) is 21.9 Å². The molecule has 108 valence electrons. The number of phenols is 1. The highest BCUT2D eigenvalue weighted by atomic mass is 16.3. The van der Waals surface area contributed by atoms with E-state index in [-0.39, 0.29) is 0 Å². The second kappa shape index (κ2) is 5.40. The molecule has 3 aromatic rings. The van der Waals surface area contributed by atoms with Crippen LogP contribution in [-0.4, -0.2) is 5.11 Å². The summed E-state index contributed by atoms with van der Waals surface area (Å²) in [5, 5.41) is 15.3. The summed E-state index contributed by atoms with van der Waals surface area (Å²) in [6.07, 6.45) is 3.08. The molecule has 0 saturated heterocycles. The molecule has 0 aliphatic carbocycles. The Morgan fingerprint density at radius 2 is 1.76 bits per heavy atom. The molecule has 1 N–H and O–H groups in total. The molecular weight excluding hydrogens is 256 g/mol. The normalized spacial score (nSPS) is 11.4. The molecule has 0 amide bonds. The average Bonchev–Trinajstić information content (AvgIpc) is 2.48. The Morgan fingerprint density at radius 3 is 2.48 bits per heavy atom. The molecular formula is C20H22O. The molecule has 0 atom stereocenters. The van der Waals surface area contributed by atoms with E-state index in [4.69, 9.17) is 0 Å². The summed E-state index contributed by atoms with van der Waals surface area (Å²) in [4.78, 5) is 0. The first kappa shape index (κ1) is 13.9.